The predicted octanol–water partition coefficient (Wildman–Crippen LogP) is 4.58. The van der Waals surface area contributed by atoms with E-state index in [1.165, 1.54) is 12.1 Å². The molecular weight excluding hydrogens is 321 g/mol. The topological polar surface area (TPSA) is 35.2 Å². The summed E-state index contributed by atoms with van der Waals surface area (Å²) in [4.78, 5) is 0. The summed E-state index contributed by atoms with van der Waals surface area (Å²) >= 11 is 3.47. The van der Waals surface area contributed by atoms with Crippen LogP contribution >= 0.6 is 15.9 Å². The normalized spacial score (nSPS) is 12.2. The fraction of sp³-hybridized carbons (Fsp3) is 0.250. The molecule has 2 nitrogen and oxygen atoms in total. The summed E-state index contributed by atoms with van der Waals surface area (Å²) < 4.78 is 20.1. The van der Waals surface area contributed by atoms with Crippen molar-refractivity contribution in [2.24, 2.45) is 5.73 Å². The molecule has 2 N–H and O–H groups in total. The Labute approximate surface area is 126 Å². The first-order chi connectivity index (χ1) is 9.45. The first kappa shape index (κ1) is 15.0. The molecule has 0 saturated heterocycles. The summed E-state index contributed by atoms with van der Waals surface area (Å²) in [7, 11) is 0. The Morgan fingerprint density at radius 1 is 1.20 bits per heavy atom. The van der Waals surface area contributed by atoms with Gasteiger partial charge in [-0.15, -0.1) is 0 Å². The maximum absolute atomic E-state index is 13.4. The highest BCUT2D eigenvalue weighted by Gasteiger charge is 2.10. The van der Waals surface area contributed by atoms with Crippen molar-refractivity contribution in [3.8, 4) is 11.5 Å². The highest BCUT2D eigenvalue weighted by molar-refractivity contribution is 9.10. The summed E-state index contributed by atoms with van der Waals surface area (Å²) in [5, 5.41) is 0. The molecule has 1 unspecified atom stereocenters. The van der Waals surface area contributed by atoms with Gasteiger partial charge in [0.2, 0.25) is 0 Å². The number of halogens is 2. The fourth-order valence-corrected chi connectivity index (χ4v) is 2.54. The summed E-state index contributed by atoms with van der Waals surface area (Å²) in [6.45, 7) is 3.89. The van der Waals surface area contributed by atoms with Gasteiger partial charge >= 0.3 is 0 Å². The van der Waals surface area contributed by atoms with Crippen LogP contribution in [0, 0.1) is 12.7 Å². The van der Waals surface area contributed by atoms with Crippen LogP contribution in [-0.2, 0) is 6.42 Å². The highest BCUT2D eigenvalue weighted by Crippen LogP contribution is 2.32. The quantitative estimate of drug-likeness (QED) is 0.886. The van der Waals surface area contributed by atoms with E-state index in [9.17, 15) is 4.39 Å². The largest absolute Gasteiger partial charge is 0.456 e. The van der Waals surface area contributed by atoms with Gasteiger partial charge in [0.1, 0.15) is 17.3 Å². The van der Waals surface area contributed by atoms with Crippen LogP contribution in [0.25, 0.3) is 0 Å². The van der Waals surface area contributed by atoms with E-state index >= 15 is 0 Å². The Morgan fingerprint density at radius 2 is 1.90 bits per heavy atom. The van der Waals surface area contributed by atoms with E-state index in [1.54, 1.807) is 6.07 Å². The van der Waals surface area contributed by atoms with Crippen LogP contribution < -0.4 is 10.5 Å². The molecule has 0 saturated carbocycles. The van der Waals surface area contributed by atoms with Gasteiger partial charge in [0.05, 0.1) is 4.47 Å². The molecule has 1 atom stereocenters. The molecule has 0 radical (unpaired) electrons. The first-order valence-electron chi connectivity index (χ1n) is 6.43. The Hall–Kier alpha value is -1.39. The number of hydrogen-bond acceptors (Lipinski definition) is 2. The molecule has 4 heteroatoms. The fourth-order valence-electron chi connectivity index (χ4n) is 1.96. The molecule has 0 aliphatic carbocycles. The van der Waals surface area contributed by atoms with Crippen LogP contribution in [0.15, 0.2) is 40.9 Å². The van der Waals surface area contributed by atoms with Gasteiger partial charge < -0.3 is 10.5 Å². The third kappa shape index (κ3) is 3.81. The molecular formula is C16H17BrFNO. The molecule has 0 spiro atoms. The second kappa shape index (κ2) is 6.37. The van der Waals surface area contributed by atoms with Crippen molar-refractivity contribution < 1.29 is 9.13 Å². The summed E-state index contributed by atoms with van der Waals surface area (Å²) in [6.07, 6.45) is 0.566. The zero-order valence-electron chi connectivity index (χ0n) is 11.5. The van der Waals surface area contributed by atoms with E-state index in [1.807, 2.05) is 32.0 Å². The van der Waals surface area contributed by atoms with Crippen molar-refractivity contribution in [3.63, 3.8) is 0 Å². The lowest BCUT2D eigenvalue weighted by Gasteiger charge is -2.14. The average molecular weight is 338 g/mol. The zero-order valence-corrected chi connectivity index (χ0v) is 13.1. The van der Waals surface area contributed by atoms with Crippen molar-refractivity contribution in [2.45, 2.75) is 26.3 Å². The molecule has 20 heavy (non-hydrogen) atoms. The molecule has 2 rings (SSSR count). The van der Waals surface area contributed by atoms with Crippen molar-refractivity contribution in [1.29, 1.82) is 0 Å². The van der Waals surface area contributed by atoms with E-state index in [4.69, 9.17) is 10.5 Å². The lowest BCUT2D eigenvalue weighted by atomic mass is 10.1. The molecule has 0 aliphatic heterocycles. The van der Waals surface area contributed by atoms with Crippen molar-refractivity contribution in [1.82, 2.24) is 0 Å². The van der Waals surface area contributed by atoms with E-state index in [0.717, 1.165) is 15.6 Å². The van der Waals surface area contributed by atoms with Crippen molar-refractivity contribution in [2.75, 3.05) is 0 Å². The van der Waals surface area contributed by atoms with Crippen LogP contribution in [0.1, 0.15) is 18.1 Å². The molecule has 0 heterocycles. The van der Waals surface area contributed by atoms with Gasteiger partial charge in [0.25, 0.3) is 0 Å². The number of aryl methyl sites for hydroxylation is 1. The summed E-state index contributed by atoms with van der Waals surface area (Å²) in [6, 6.07) is 10.3. The maximum atomic E-state index is 13.4. The van der Waals surface area contributed by atoms with Crippen LogP contribution in [-0.4, -0.2) is 6.04 Å². The van der Waals surface area contributed by atoms with Crippen LogP contribution in [0.4, 0.5) is 4.39 Å². The summed E-state index contributed by atoms with van der Waals surface area (Å²) in [5.74, 6) is 1.05. The average Bonchev–Trinajstić information content (AvgIpc) is 2.34. The number of nitrogens with two attached hydrogens (primary N) is 1. The molecule has 0 fully saturated rings. The second-order valence-electron chi connectivity index (χ2n) is 4.97. The molecule has 0 aromatic heterocycles. The molecule has 0 aliphatic rings. The Morgan fingerprint density at radius 3 is 2.55 bits per heavy atom. The highest BCUT2D eigenvalue weighted by atomic mass is 79.9. The minimum absolute atomic E-state index is 0.0550. The van der Waals surface area contributed by atoms with E-state index in [0.29, 0.717) is 17.9 Å². The van der Waals surface area contributed by atoms with E-state index in [2.05, 4.69) is 15.9 Å². The molecule has 0 bridgehead atoms. The van der Waals surface area contributed by atoms with Crippen LogP contribution in [0.2, 0.25) is 0 Å². The molecule has 2 aromatic rings. The van der Waals surface area contributed by atoms with E-state index in [-0.39, 0.29) is 11.9 Å². The van der Waals surface area contributed by atoms with Crippen LogP contribution in [0.3, 0.4) is 0 Å². The number of benzene rings is 2. The number of ether oxygens (including phenoxy) is 1. The SMILES string of the molecule is Cc1ccc(Oc2ccc(F)cc2CC(C)N)c(Br)c1. The van der Waals surface area contributed by atoms with Crippen molar-refractivity contribution in [3.05, 3.63) is 57.8 Å². The monoisotopic (exact) mass is 337 g/mol. The predicted molar refractivity (Wildman–Crippen MR) is 82.7 cm³/mol. The van der Waals surface area contributed by atoms with Gasteiger partial charge in [-0.1, -0.05) is 6.07 Å². The Kier molecular flexibility index (Phi) is 4.78. The van der Waals surface area contributed by atoms with Gasteiger partial charge in [-0.05, 0) is 77.7 Å². The standard InChI is InChI=1S/C16H17BrFNO/c1-10-3-5-16(14(17)7-10)20-15-6-4-13(18)9-12(15)8-11(2)19/h3-7,9,11H,8,19H2,1-2H3. The van der Waals surface area contributed by atoms with Gasteiger partial charge in [-0.25, -0.2) is 4.39 Å². The number of hydrogen-bond donors (Lipinski definition) is 1. The Balaban J connectivity index is 2.32. The number of rotatable bonds is 4. The van der Waals surface area contributed by atoms with Gasteiger partial charge in [0, 0.05) is 6.04 Å². The maximum Gasteiger partial charge on any atom is 0.141 e. The smallest absolute Gasteiger partial charge is 0.141 e. The van der Waals surface area contributed by atoms with Gasteiger partial charge in [0.15, 0.2) is 0 Å². The molecule has 106 valence electrons. The molecule has 0 amide bonds. The minimum Gasteiger partial charge on any atom is -0.456 e. The van der Waals surface area contributed by atoms with Crippen molar-refractivity contribution >= 4 is 15.9 Å². The minimum atomic E-state index is -0.282. The third-order valence-corrected chi connectivity index (χ3v) is 3.49. The lowest BCUT2D eigenvalue weighted by molar-refractivity contribution is 0.468. The van der Waals surface area contributed by atoms with Gasteiger partial charge in [-0.3, -0.25) is 0 Å². The molecule has 2 aromatic carbocycles. The first-order valence-corrected chi connectivity index (χ1v) is 7.23. The lowest BCUT2D eigenvalue weighted by Crippen LogP contribution is -2.18. The summed E-state index contributed by atoms with van der Waals surface area (Å²) in [5.41, 5.74) is 7.71. The third-order valence-electron chi connectivity index (χ3n) is 2.87. The zero-order chi connectivity index (χ0) is 14.7. The van der Waals surface area contributed by atoms with Gasteiger partial charge in [-0.2, -0.15) is 0 Å². The van der Waals surface area contributed by atoms with E-state index < -0.39 is 0 Å². The second-order valence-corrected chi connectivity index (χ2v) is 5.82. The Bertz CT molecular complexity index is 613. The van der Waals surface area contributed by atoms with Crippen LogP contribution in [0.5, 0.6) is 11.5 Å².